The lowest BCUT2D eigenvalue weighted by atomic mass is 9.33. The van der Waals surface area contributed by atoms with Gasteiger partial charge in [0.2, 0.25) is 0 Å². The molecule has 0 aromatic rings. The highest BCUT2D eigenvalue weighted by Crippen LogP contribution is 2.76. The molecule has 0 aromatic heterocycles. The second-order valence-corrected chi connectivity index (χ2v) is 19.2. The third kappa shape index (κ3) is 6.06. The maximum absolute atomic E-state index is 13.0. The molecule has 6 aliphatic rings. The molecular formula is C41H62O10. The fraction of sp³-hybridized carbons (Fsp3) is 0.854. The van der Waals surface area contributed by atoms with Gasteiger partial charge in [0.05, 0.1) is 18.1 Å². The van der Waals surface area contributed by atoms with E-state index in [0.29, 0.717) is 11.8 Å². The van der Waals surface area contributed by atoms with Crippen molar-refractivity contribution in [2.75, 3.05) is 6.61 Å². The van der Waals surface area contributed by atoms with E-state index in [0.717, 1.165) is 64.2 Å². The quantitative estimate of drug-likeness (QED) is 0.128. The van der Waals surface area contributed by atoms with E-state index in [1.807, 2.05) is 0 Å². The SMILES string of the molecule is CC(=O)O[C@@H]1[C@@H](OC(C)=O)[C@H](O[C@H]2CC[C@]3(C)[C@H]4CC=C5[C@@H]6CC(C)(C)CC[C@]6(C(=O)O)CC[C@@]5(C)[C@]4(C)CC[C@H]3C2(C)C)OC[C@@H]1OC(C)=O. The van der Waals surface area contributed by atoms with Crippen LogP contribution in [-0.4, -0.2) is 66.3 Å². The van der Waals surface area contributed by atoms with Crippen LogP contribution in [0.4, 0.5) is 0 Å². The van der Waals surface area contributed by atoms with Gasteiger partial charge in [0, 0.05) is 20.8 Å². The third-order valence-corrected chi connectivity index (χ3v) is 15.6. The molecule has 51 heavy (non-hydrogen) atoms. The minimum absolute atomic E-state index is 0.0258. The zero-order valence-corrected chi connectivity index (χ0v) is 32.6. The molecule has 10 heteroatoms. The van der Waals surface area contributed by atoms with Gasteiger partial charge in [-0.1, -0.05) is 60.1 Å². The minimum Gasteiger partial charge on any atom is -0.481 e. The Labute approximate surface area is 304 Å². The molecule has 1 N–H and O–H groups in total. The number of aliphatic carboxylic acids is 1. The molecule has 0 radical (unpaired) electrons. The van der Waals surface area contributed by atoms with Crippen LogP contribution in [0.5, 0.6) is 0 Å². The van der Waals surface area contributed by atoms with Crippen molar-refractivity contribution < 1.29 is 48.0 Å². The number of carboxylic acids is 1. The van der Waals surface area contributed by atoms with Crippen LogP contribution in [0.3, 0.4) is 0 Å². The van der Waals surface area contributed by atoms with E-state index in [4.69, 9.17) is 23.7 Å². The summed E-state index contributed by atoms with van der Waals surface area (Å²) in [6.45, 7) is 20.4. The molecule has 5 aliphatic carbocycles. The summed E-state index contributed by atoms with van der Waals surface area (Å²) in [7, 11) is 0. The summed E-state index contributed by atoms with van der Waals surface area (Å²) in [6, 6.07) is 0. The number of fused-ring (bicyclic) bond motifs is 7. The Morgan fingerprint density at radius 1 is 0.765 bits per heavy atom. The molecule has 4 saturated carbocycles. The molecule has 0 amide bonds. The highest BCUT2D eigenvalue weighted by molar-refractivity contribution is 5.76. The van der Waals surface area contributed by atoms with Crippen molar-refractivity contribution in [1.29, 1.82) is 0 Å². The van der Waals surface area contributed by atoms with E-state index in [1.54, 1.807) is 0 Å². The number of carboxylic acid groups (broad SMARTS) is 1. The number of esters is 3. The number of carbonyl (C=O) groups excluding carboxylic acids is 3. The number of allylic oxidation sites excluding steroid dienone is 2. The van der Waals surface area contributed by atoms with E-state index in [-0.39, 0.29) is 45.7 Å². The van der Waals surface area contributed by atoms with Gasteiger partial charge < -0.3 is 28.8 Å². The molecule has 10 nitrogen and oxygen atoms in total. The van der Waals surface area contributed by atoms with Gasteiger partial charge >= 0.3 is 23.9 Å². The molecule has 0 unspecified atom stereocenters. The van der Waals surface area contributed by atoms with Crippen molar-refractivity contribution >= 4 is 23.9 Å². The maximum atomic E-state index is 13.0. The first-order chi connectivity index (χ1) is 23.6. The van der Waals surface area contributed by atoms with Crippen LogP contribution < -0.4 is 0 Å². The molecule has 0 spiro atoms. The largest absolute Gasteiger partial charge is 0.481 e. The standard InChI is InChI=1S/C41H62O10/c1-23(42)48-28-22-47-34(33(50-25(3)44)32(28)49-24(2)43)51-31-14-15-38(8)29(37(31,6)7)13-16-40(10)30(38)12-11-26-27-21-36(4,5)17-19-41(27,35(45)46)20-18-39(26,40)9/h11,27-34H,12-22H2,1-10H3,(H,45,46)/t27-,28-,29-,30+,31-,32-,33+,34-,38-,39+,40+,41-/m0/s1. The van der Waals surface area contributed by atoms with Crippen molar-refractivity contribution in [3.63, 3.8) is 0 Å². The Kier molecular flexibility index (Phi) is 9.64. The molecular weight excluding hydrogens is 652 g/mol. The van der Waals surface area contributed by atoms with E-state index in [1.165, 1.54) is 26.3 Å². The second-order valence-electron chi connectivity index (χ2n) is 19.2. The maximum Gasteiger partial charge on any atom is 0.310 e. The lowest BCUT2D eigenvalue weighted by Gasteiger charge is -2.71. The van der Waals surface area contributed by atoms with Crippen LogP contribution in [0.2, 0.25) is 0 Å². The third-order valence-electron chi connectivity index (χ3n) is 15.6. The van der Waals surface area contributed by atoms with E-state index in [2.05, 4.69) is 54.5 Å². The first kappa shape index (κ1) is 38.3. The predicted octanol–water partition coefficient (Wildman–Crippen LogP) is 7.41. The summed E-state index contributed by atoms with van der Waals surface area (Å²) in [5.41, 5.74) is 0.637. The average Bonchev–Trinajstić information content (AvgIpc) is 3.00. The van der Waals surface area contributed by atoms with Gasteiger partial charge in [-0.2, -0.15) is 0 Å². The molecule has 1 heterocycles. The summed E-state index contributed by atoms with van der Waals surface area (Å²) in [4.78, 5) is 49.4. The zero-order valence-electron chi connectivity index (χ0n) is 32.6. The Hall–Kier alpha value is -2.46. The van der Waals surface area contributed by atoms with Crippen molar-refractivity contribution in [1.82, 2.24) is 0 Å². The van der Waals surface area contributed by atoms with Gasteiger partial charge in [0.1, 0.15) is 0 Å². The number of hydrogen-bond donors (Lipinski definition) is 1. The molecule has 6 rings (SSSR count). The van der Waals surface area contributed by atoms with Crippen LogP contribution in [0.1, 0.15) is 133 Å². The van der Waals surface area contributed by atoms with Crippen molar-refractivity contribution in [2.45, 2.75) is 164 Å². The molecule has 1 saturated heterocycles. The molecule has 0 bridgehead atoms. The van der Waals surface area contributed by atoms with Gasteiger partial charge in [-0.25, -0.2) is 0 Å². The monoisotopic (exact) mass is 714 g/mol. The predicted molar refractivity (Wildman–Crippen MR) is 188 cm³/mol. The number of ether oxygens (including phenoxy) is 5. The van der Waals surface area contributed by atoms with Crippen LogP contribution in [-0.2, 0) is 42.9 Å². The van der Waals surface area contributed by atoms with Gasteiger partial charge in [0.25, 0.3) is 0 Å². The first-order valence-electron chi connectivity index (χ1n) is 19.3. The molecule has 0 aromatic carbocycles. The Balaban J connectivity index is 1.27. The van der Waals surface area contributed by atoms with Gasteiger partial charge in [-0.05, 0) is 109 Å². The number of rotatable bonds is 6. The van der Waals surface area contributed by atoms with Gasteiger partial charge in [-0.3, -0.25) is 19.2 Å². The topological polar surface area (TPSA) is 135 Å². The Bertz CT molecular complexity index is 1470. The molecule has 12 atom stereocenters. The normalized spacial score (nSPS) is 45.3. The second kappa shape index (κ2) is 12.8. The van der Waals surface area contributed by atoms with Crippen molar-refractivity contribution in [2.24, 2.45) is 50.2 Å². The Morgan fingerprint density at radius 3 is 2.02 bits per heavy atom. The highest BCUT2D eigenvalue weighted by atomic mass is 16.7. The summed E-state index contributed by atoms with van der Waals surface area (Å²) in [5, 5.41) is 10.7. The number of hydrogen-bond acceptors (Lipinski definition) is 9. The first-order valence-corrected chi connectivity index (χ1v) is 19.3. The van der Waals surface area contributed by atoms with E-state index in [9.17, 15) is 24.3 Å². The fourth-order valence-corrected chi connectivity index (χ4v) is 12.8. The van der Waals surface area contributed by atoms with Crippen molar-refractivity contribution in [3.05, 3.63) is 11.6 Å². The lowest BCUT2D eigenvalue weighted by Crippen LogP contribution is -2.66. The van der Waals surface area contributed by atoms with Gasteiger partial charge in [0.15, 0.2) is 24.6 Å². The summed E-state index contributed by atoms with van der Waals surface area (Å²) in [5.74, 6) is -1.49. The Morgan fingerprint density at radius 2 is 1.39 bits per heavy atom. The molecule has 5 fully saturated rings. The zero-order chi connectivity index (χ0) is 37.5. The fourth-order valence-electron chi connectivity index (χ4n) is 12.8. The highest BCUT2D eigenvalue weighted by Gasteiger charge is 2.69. The summed E-state index contributed by atoms with van der Waals surface area (Å²) in [6.07, 6.45) is 7.24. The van der Waals surface area contributed by atoms with Gasteiger partial charge in [-0.15, -0.1) is 0 Å². The lowest BCUT2D eigenvalue weighted by molar-refractivity contribution is -0.312. The molecule has 286 valence electrons. The van der Waals surface area contributed by atoms with E-state index < -0.39 is 53.9 Å². The van der Waals surface area contributed by atoms with Crippen LogP contribution in [0, 0.1) is 50.2 Å². The molecule has 1 aliphatic heterocycles. The summed E-state index contributed by atoms with van der Waals surface area (Å²) >= 11 is 0. The van der Waals surface area contributed by atoms with Crippen LogP contribution in [0.15, 0.2) is 11.6 Å². The number of carbonyl (C=O) groups is 4. The smallest absolute Gasteiger partial charge is 0.310 e. The van der Waals surface area contributed by atoms with E-state index >= 15 is 0 Å². The van der Waals surface area contributed by atoms with Crippen LogP contribution >= 0.6 is 0 Å². The van der Waals surface area contributed by atoms with Crippen molar-refractivity contribution in [3.8, 4) is 0 Å². The average molecular weight is 715 g/mol. The summed E-state index contributed by atoms with van der Waals surface area (Å²) < 4.78 is 29.6. The minimum atomic E-state index is -1.11. The van der Waals surface area contributed by atoms with Crippen LogP contribution in [0.25, 0.3) is 0 Å².